The molecule has 0 aliphatic heterocycles. The molecule has 0 bridgehead atoms. The van der Waals surface area contributed by atoms with Gasteiger partial charge in [-0.2, -0.15) is 5.26 Å². The first-order valence-electron chi connectivity index (χ1n) is 7.00. The van der Waals surface area contributed by atoms with Crippen molar-refractivity contribution in [3.05, 3.63) is 64.5 Å². The number of aryl methyl sites for hydroxylation is 2. The minimum absolute atomic E-state index is 0.538. The van der Waals surface area contributed by atoms with E-state index >= 15 is 0 Å². The van der Waals surface area contributed by atoms with Gasteiger partial charge in [0.2, 0.25) is 0 Å². The normalized spacial score (nSPS) is 11.9. The second-order valence-electron chi connectivity index (χ2n) is 5.54. The van der Waals surface area contributed by atoms with E-state index in [1.165, 1.54) is 11.1 Å². The Hall–Kier alpha value is -2.14. The minimum atomic E-state index is 0.538. The Morgan fingerprint density at radius 2 is 1.95 bits per heavy atom. The second-order valence-corrected chi connectivity index (χ2v) is 5.54. The molecule has 20 heavy (non-hydrogen) atoms. The van der Waals surface area contributed by atoms with Gasteiger partial charge in [-0.05, 0) is 68.0 Å². The van der Waals surface area contributed by atoms with E-state index in [1.807, 2.05) is 25.1 Å². The summed E-state index contributed by atoms with van der Waals surface area (Å²) in [6.45, 7) is 6.36. The van der Waals surface area contributed by atoms with Gasteiger partial charge in [0.25, 0.3) is 0 Å². The number of nitrogens with zero attached hydrogens (tertiary/aromatic N) is 2. The van der Waals surface area contributed by atoms with Crippen molar-refractivity contribution < 1.29 is 0 Å². The number of nitriles is 1. The molecule has 1 atom stereocenters. The second kappa shape index (κ2) is 6.34. The maximum Gasteiger partial charge on any atom is 0.0991 e. The zero-order chi connectivity index (χ0) is 14.5. The summed E-state index contributed by atoms with van der Waals surface area (Å²) in [5.41, 5.74) is 5.49. The molecule has 0 fully saturated rings. The highest BCUT2D eigenvalue weighted by molar-refractivity contribution is 5.37. The summed E-state index contributed by atoms with van der Waals surface area (Å²) in [5.74, 6) is 0.538. The molecule has 1 heterocycles. The highest BCUT2D eigenvalue weighted by atomic mass is 14.7. The average Bonchev–Trinajstić information content (AvgIpc) is 2.41. The van der Waals surface area contributed by atoms with Crippen LogP contribution in [0, 0.1) is 31.1 Å². The number of rotatable bonds is 4. The summed E-state index contributed by atoms with van der Waals surface area (Å²) in [7, 11) is 0. The first-order chi connectivity index (χ1) is 9.58. The lowest BCUT2D eigenvalue weighted by Gasteiger charge is -2.13. The van der Waals surface area contributed by atoms with Crippen LogP contribution in [0.4, 0.5) is 0 Å². The predicted octanol–water partition coefficient (Wildman–Crippen LogP) is 3.99. The van der Waals surface area contributed by atoms with Gasteiger partial charge in [-0.15, -0.1) is 0 Å². The van der Waals surface area contributed by atoms with Gasteiger partial charge in [0.1, 0.15) is 0 Å². The van der Waals surface area contributed by atoms with Crippen LogP contribution in [0.3, 0.4) is 0 Å². The Labute approximate surface area is 121 Å². The lowest BCUT2D eigenvalue weighted by molar-refractivity contribution is 0.567. The molecule has 0 saturated heterocycles. The first-order valence-corrected chi connectivity index (χ1v) is 7.00. The van der Waals surface area contributed by atoms with Crippen LogP contribution in [-0.2, 0) is 12.8 Å². The molecule has 1 unspecified atom stereocenters. The fourth-order valence-corrected chi connectivity index (χ4v) is 2.51. The van der Waals surface area contributed by atoms with Crippen molar-refractivity contribution in [3.8, 4) is 6.07 Å². The maximum absolute atomic E-state index is 8.90. The van der Waals surface area contributed by atoms with Gasteiger partial charge in [0.05, 0.1) is 11.6 Å². The molecule has 2 rings (SSSR count). The molecule has 0 saturated carbocycles. The van der Waals surface area contributed by atoms with Crippen molar-refractivity contribution in [2.45, 2.75) is 33.6 Å². The van der Waals surface area contributed by atoms with Gasteiger partial charge < -0.3 is 0 Å². The van der Waals surface area contributed by atoms with Crippen LogP contribution < -0.4 is 0 Å². The van der Waals surface area contributed by atoms with Crippen molar-refractivity contribution in [2.75, 3.05) is 0 Å². The summed E-state index contributed by atoms with van der Waals surface area (Å²) in [5, 5.41) is 8.90. The van der Waals surface area contributed by atoms with E-state index < -0.39 is 0 Å². The average molecular weight is 264 g/mol. The molecule has 0 N–H and O–H groups in total. The molecule has 0 radical (unpaired) electrons. The van der Waals surface area contributed by atoms with E-state index in [2.05, 4.69) is 43.1 Å². The van der Waals surface area contributed by atoms with Crippen molar-refractivity contribution in [3.63, 3.8) is 0 Å². The fourth-order valence-electron chi connectivity index (χ4n) is 2.51. The van der Waals surface area contributed by atoms with Crippen molar-refractivity contribution >= 4 is 0 Å². The largest absolute Gasteiger partial charge is 0.258 e. The highest BCUT2D eigenvalue weighted by Gasteiger charge is 2.08. The Morgan fingerprint density at radius 3 is 2.60 bits per heavy atom. The Morgan fingerprint density at radius 1 is 1.15 bits per heavy atom. The molecule has 0 amide bonds. The van der Waals surface area contributed by atoms with Crippen molar-refractivity contribution in [2.24, 2.45) is 5.92 Å². The molecular formula is C18H20N2. The molecule has 0 spiro atoms. The van der Waals surface area contributed by atoms with Crippen LogP contribution in [0.15, 0.2) is 36.4 Å². The topological polar surface area (TPSA) is 36.7 Å². The summed E-state index contributed by atoms with van der Waals surface area (Å²) in [6.07, 6.45) is 2.01. The molecule has 2 heteroatoms. The number of benzene rings is 1. The van der Waals surface area contributed by atoms with Crippen LogP contribution in [0.1, 0.15) is 35.0 Å². The van der Waals surface area contributed by atoms with Crippen LogP contribution in [0.2, 0.25) is 0 Å². The van der Waals surface area contributed by atoms with Gasteiger partial charge in [0, 0.05) is 11.4 Å². The van der Waals surface area contributed by atoms with Gasteiger partial charge in [-0.1, -0.05) is 19.1 Å². The number of hydrogen-bond acceptors (Lipinski definition) is 2. The molecule has 0 aliphatic rings. The lowest BCUT2D eigenvalue weighted by Crippen LogP contribution is -2.07. The standard InChI is InChI=1S/C18H20N2/c1-13(10-18-6-4-5-15(3)20-18)9-17-8-7-16(12-19)11-14(17)2/h4-8,11,13H,9-10H2,1-3H3. The van der Waals surface area contributed by atoms with E-state index in [-0.39, 0.29) is 0 Å². The van der Waals surface area contributed by atoms with E-state index in [9.17, 15) is 0 Å². The molecular weight excluding hydrogens is 244 g/mol. The number of pyridine rings is 1. The van der Waals surface area contributed by atoms with E-state index in [0.29, 0.717) is 5.92 Å². The van der Waals surface area contributed by atoms with E-state index in [1.54, 1.807) is 0 Å². The van der Waals surface area contributed by atoms with Crippen LogP contribution in [-0.4, -0.2) is 4.98 Å². The van der Waals surface area contributed by atoms with Crippen LogP contribution in [0.25, 0.3) is 0 Å². The zero-order valence-electron chi connectivity index (χ0n) is 12.4. The quantitative estimate of drug-likeness (QED) is 0.837. The van der Waals surface area contributed by atoms with Gasteiger partial charge in [-0.3, -0.25) is 4.98 Å². The summed E-state index contributed by atoms with van der Waals surface area (Å²) in [4.78, 5) is 4.56. The van der Waals surface area contributed by atoms with Gasteiger partial charge in [-0.25, -0.2) is 0 Å². The Bertz CT molecular complexity index is 638. The van der Waals surface area contributed by atoms with Crippen molar-refractivity contribution in [1.29, 1.82) is 5.26 Å². The van der Waals surface area contributed by atoms with Gasteiger partial charge >= 0.3 is 0 Å². The minimum Gasteiger partial charge on any atom is -0.258 e. The summed E-state index contributed by atoms with van der Waals surface area (Å²) >= 11 is 0. The number of hydrogen-bond donors (Lipinski definition) is 0. The van der Waals surface area contributed by atoms with E-state index in [0.717, 1.165) is 29.8 Å². The smallest absolute Gasteiger partial charge is 0.0991 e. The molecule has 1 aromatic carbocycles. The molecule has 0 aliphatic carbocycles. The third-order valence-electron chi connectivity index (χ3n) is 3.54. The summed E-state index contributed by atoms with van der Waals surface area (Å²) < 4.78 is 0. The van der Waals surface area contributed by atoms with Gasteiger partial charge in [0.15, 0.2) is 0 Å². The van der Waals surface area contributed by atoms with Crippen LogP contribution in [0.5, 0.6) is 0 Å². The third kappa shape index (κ3) is 3.68. The van der Waals surface area contributed by atoms with E-state index in [4.69, 9.17) is 5.26 Å². The maximum atomic E-state index is 8.90. The molecule has 2 nitrogen and oxygen atoms in total. The molecule has 102 valence electrons. The Kier molecular flexibility index (Phi) is 4.53. The molecule has 1 aromatic heterocycles. The summed E-state index contributed by atoms with van der Waals surface area (Å²) in [6, 6.07) is 14.3. The fraction of sp³-hybridized carbons (Fsp3) is 0.333. The Balaban J connectivity index is 2.05. The monoisotopic (exact) mass is 264 g/mol. The number of aromatic nitrogens is 1. The lowest BCUT2D eigenvalue weighted by atomic mass is 9.93. The SMILES string of the molecule is Cc1cccc(CC(C)Cc2ccc(C#N)cc2C)n1. The highest BCUT2D eigenvalue weighted by Crippen LogP contribution is 2.17. The van der Waals surface area contributed by atoms with Crippen LogP contribution >= 0.6 is 0 Å². The first kappa shape index (κ1) is 14.3. The predicted molar refractivity (Wildman–Crippen MR) is 81.4 cm³/mol. The zero-order valence-corrected chi connectivity index (χ0v) is 12.4. The molecule has 2 aromatic rings. The van der Waals surface area contributed by atoms with Crippen molar-refractivity contribution in [1.82, 2.24) is 4.98 Å². The third-order valence-corrected chi connectivity index (χ3v) is 3.54.